The molecule has 0 spiro atoms. The topological polar surface area (TPSA) is 85.9 Å². The van der Waals surface area contributed by atoms with Gasteiger partial charge in [0.05, 0.1) is 23.0 Å². The van der Waals surface area contributed by atoms with E-state index in [4.69, 9.17) is 27.9 Å². The zero-order chi connectivity index (χ0) is 26.4. The van der Waals surface area contributed by atoms with E-state index in [2.05, 4.69) is 20.9 Å². The van der Waals surface area contributed by atoms with E-state index in [0.29, 0.717) is 65.6 Å². The Kier molecular flexibility index (Phi) is 8.63. The molecule has 0 atom stereocenters. The van der Waals surface area contributed by atoms with Crippen LogP contribution in [0.2, 0.25) is 10.0 Å². The minimum atomic E-state index is -0.399. The number of hydrogen-bond donors (Lipinski definition) is 3. The van der Waals surface area contributed by atoms with E-state index in [9.17, 15) is 9.59 Å². The molecule has 10 heteroatoms. The summed E-state index contributed by atoms with van der Waals surface area (Å²) >= 11 is 12.3. The van der Waals surface area contributed by atoms with Crippen molar-refractivity contribution in [1.82, 2.24) is 4.90 Å². The molecule has 0 aromatic heterocycles. The molecule has 1 aliphatic heterocycles. The van der Waals surface area contributed by atoms with Gasteiger partial charge < -0.3 is 30.5 Å². The largest absolute Gasteiger partial charge is 0.492 e. The number of anilines is 4. The molecular weight excluding hydrogens is 513 g/mol. The summed E-state index contributed by atoms with van der Waals surface area (Å²) in [7, 11) is 0. The molecule has 4 amide bonds. The Morgan fingerprint density at radius 2 is 1.59 bits per heavy atom. The van der Waals surface area contributed by atoms with Crippen molar-refractivity contribution in [3.05, 3.63) is 76.3 Å². The molecule has 0 aliphatic carbocycles. The standard InChI is InChI=1S/C27H29Cl2N5O3/c1-3-37-25-11-5-19(28)17-24(25)31-26(35)30-20-6-8-21(9-7-20)33-12-14-34(15-13-33)27(36)32-23-10-4-18(2)16-22(23)29/h4-11,16-17H,3,12-15H2,1-2H3,(H,32,36)(H2,30,31,35). The van der Waals surface area contributed by atoms with Crippen LogP contribution in [0.5, 0.6) is 5.75 Å². The predicted molar refractivity (Wildman–Crippen MR) is 151 cm³/mol. The second-order valence-corrected chi connectivity index (χ2v) is 9.43. The van der Waals surface area contributed by atoms with E-state index in [1.54, 1.807) is 23.1 Å². The lowest BCUT2D eigenvalue weighted by atomic mass is 10.2. The van der Waals surface area contributed by atoms with Gasteiger partial charge in [0.2, 0.25) is 0 Å². The van der Waals surface area contributed by atoms with Crippen LogP contribution in [0.3, 0.4) is 0 Å². The van der Waals surface area contributed by atoms with Gasteiger partial charge in [-0.3, -0.25) is 0 Å². The Hall–Kier alpha value is -3.62. The number of urea groups is 2. The number of rotatable bonds is 6. The van der Waals surface area contributed by atoms with Gasteiger partial charge in [-0.25, -0.2) is 9.59 Å². The lowest BCUT2D eigenvalue weighted by Gasteiger charge is -2.36. The Balaban J connectivity index is 1.28. The Bertz CT molecular complexity index is 1260. The van der Waals surface area contributed by atoms with Gasteiger partial charge >= 0.3 is 12.1 Å². The van der Waals surface area contributed by atoms with Crippen LogP contribution in [0.25, 0.3) is 0 Å². The van der Waals surface area contributed by atoms with Gasteiger partial charge in [-0.15, -0.1) is 0 Å². The lowest BCUT2D eigenvalue weighted by molar-refractivity contribution is 0.208. The summed E-state index contributed by atoms with van der Waals surface area (Å²) in [6, 6.07) is 17.6. The fourth-order valence-corrected chi connectivity index (χ4v) is 4.46. The molecule has 0 radical (unpaired) electrons. The van der Waals surface area contributed by atoms with Crippen molar-refractivity contribution in [3.63, 3.8) is 0 Å². The van der Waals surface area contributed by atoms with Crippen molar-refractivity contribution < 1.29 is 14.3 Å². The van der Waals surface area contributed by atoms with Gasteiger partial charge in [0, 0.05) is 42.6 Å². The first-order chi connectivity index (χ1) is 17.8. The lowest BCUT2D eigenvalue weighted by Crippen LogP contribution is -2.50. The molecule has 1 aliphatic rings. The second-order valence-electron chi connectivity index (χ2n) is 8.59. The van der Waals surface area contributed by atoms with Crippen LogP contribution in [0.15, 0.2) is 60.7 Å². The van der Waals surface area contributed by atoms with Gasteiger partial charge in [0.15, 0.2) is 0 Å². The molecule has 1 fully saturated rings. The number of amides is 4. The maximum Gasteiger partial charge on any atom is 0.323 e. The molecule has 37 heavy (non-hydrogen) atoms. The van der Waals surface area contributed by atoms with E-state index in [-0.39, 0.29) is 6.03 Å². The molecule has 3 N–H and O–H groups in total. The maximum atomic E-state index is 12.7. The van der Waals surface area contributed by atoms with E-state index < -0.39 is 6.03 Å². The first-order valence-corrected chi connectivity index (χ1v) is 12.8. The third-order valence-electron chi connectivity index (χ3n) is 5.91. The van der Waals surface area contributed by atoms with Crippen molar-refractivity contribution in [2.75, 3.05) is 53.6 Å². The zero-order valence-electron chi connectivity index (χ0n) is 20.7. The molecule has 194 valence electrons. The van der Waals surface area contributed by atoms with Crippen LogP contribution >= 0.6 is 23.2 Å². The number of halogens is 2. The quantitative estimate of drug-likeness (QED) is 0.324. The Morgan fingerprint density at radius 1 is 0.865 bits per heavy atom. The average Bonchev–Trinajstić information content (AvgIpc) is 2.88. The highest BCUT2D eigenvalue weighted by Crippen LogP contribution is 2.28. The normalized spacial score (nSPS) is 13.2. The van der Waals surface area contributed by atoms with Gasteiger partial charge in [-0.2, -0.15) is 0 Å². The summed E-state index contributed by atoms with van der Waals surface area (Å²) in [6.07, 6.45) is 0. The highest BCUT2D eigenvalue weighted by Gasteiger charge is 2.22. The summed E-state index contributed by atoms with van der Waals surface area (Å²) in [5, 5.41) is 9.52. The highest BCUT2D eigenvalue weighted by atomic mass is 35.5. The van der Waals surface area contributed by atoms with Crippen LogP contribution in [0.4, 0.5) is 32.3 Å². The number of aryl methyl sites for hydroxylation is 1. The van der Waals surface area contributed by atoms with E-state index in [1.165, 1.54) is 0 Å². The monoisotopic (exact) mass is 541 g/mol. The molecular formula is C27H29Cl2N5O3. The van der Waals surface area contributed by atoms with Crippen molar-refractivity contribution in [2.45, 2.75) is 13.8 Å². The number of hydrogen-bond acceptors (Lipinski definition) is 4. The Morgan fingerprint density at radius 3 is 2.27 bits per heavy atom. The molecule has 3 aromatic carbocycles. The van der Waals surface area contributed by atoms with Crippen LogP contribution < -0.4 is 25.6 Å². The summed E-state index contributed by atoms with van der Waals surface area (Å²) in [6.45, 7) is 6.84. The summed E-state index contributed by atoms with van der Waals surface area (Å²) in [5.41, 5.74) is 3.80. The molecule has 0 unspecified atom stereocenters. The molecule has 8 nitrogen and oxygen atoms in total. The minimum absolute atomic E-state index is 0.164. The van der Waals surface area contributed by atoms with Crippen molar-refractivity contribution in [3.8, 4) is 5.75 Å². The number of nitrogens with zero attached hydrogens (tertiary/aromatic N) is 2. The van der Waals surface area contributed by atoms with Crippen LogP contribution in [0.1, 0.15) is 12.5 Å². The average molecular weight is 542 g/mol. The fraction of sp³-hybridized carbons (Fsp3) is 0.259. The highest BCUT2D eigenvalue weighted by molar-refractivity contribution is 6.33. The van der Waals surface area contributed by atoms with Gasteiger partial charge in [0.1, 0.15) is 5.75 Å². The summed E-state index contributed by atoms with van der Waals surface area (Å²) in [4.78, 5) is 29.2. The van der Waals surface area contributed by atoms with Gasteiger partial charge in [-0.05, 0) is 74.0 Å². The number of benzene rings is 3. The maximum absolute atomic E-state index is 12.7. The SMILES string of the molecule is CCOc1ccc(Cl)cc1NC(=O)Nc1ccc(N2CCN(C(=O)Nc3ccc(C)cc3Cl)CC2)cc1. The van der Waals surface area contributed by atoms with E-state index >= 15 is 0 Å². The molecule has 0 bridgehead atoms. The molecule has 4 rings (SSSR count). The summed E-state index contributed by atoms with van der Waals surface area (Å²) < 4.78 is 5.55. The summed E-state index contributed by atoms with van der Waals surface area (Å²) in [5.74, 6) is 0.548. The predicted octanol–water partition coefficient (Wildman–Crippen LogP) is 6.70. The zero-order valence-corrected chi connectivity index (χ0v) is 22.2. The second kappa shape index (κ2) is 12.1. The first kappa shape index (κ1) is 26.4. The third kappa shape index (κ3) is 6.99. The number of carbonyl (C=O) groups excluding carboxylic acids is 2. The fourth-order valence-electron chi connectivity index (χ4n) is 4.01. The molecule has 3 aromatic rings. The molecule has 0 saturated carbocycles. The molecule has 1 saturated heterocycles. The third-order valence-corrected chi connectivity index (χ3v) is 6.46. The smallest absolute Gasteiger partial charge is 0.323 e. The van der Waals surface area contributed by atoms with Crippen molar-refractivity contribution in [1.29, 1.82) is 0 Å². The van der Waals surface area contributed by atoms with Gasteiger partial charge in [0.25, 0.3) is 0 Å². The Labute approximate surface area is 226 Å². The minimum Gasteiger partial charge on any atom is -0.492 e. The van der Waals surface area contributed by atoms with Gasteiger partial charge in [-0.1, -0.05) is 29.3 Å². The van der Waals surface area contributed by atoms with Crippen LogP contribution in [-0.4, -0.2) is 49.7 Å². The molecule has 1 heterocycles. The first-order valence-electron chi connectivity index (χ1n) is 12.0. The number of ether oxygens (including phenoxy) is 1. The number of carbonyl (C=O) groups is 2. The number of nitrogens with one attached hydrogen (secondary N) is 3. The van der Waals surface area contributed by atoms with Crippen LogP contribution in [0, 0.1) is 6.92 Å². The number of piperazine rings is 1. The van der Waals surface area contributed by atoms with E-state index in [0.717, 1.165) is 11.3 Å². The van der Waals surface area contributed by atoms with Crippen molar-refractivity contribution in [2.24, 2.45) is 0 Å². The van der Waals surface area contributed by atoms with E-state index in [1.807, 2.05) is 56.3 Å². The van der Waals surface area contributed by atoms with Crippen molar-refractivity contribution >= 4 is 58.0 Å². The van der Waals surface area contributed by atoms with Crippen LogP contribution in [-0.2, 0) is 0 Å².